The van der Waals surface area contributed by atoms with E-state index in [4.69, 9.17) is 18.9 Å². The van der Waals surface area contributed by atoms with E-state index in [-0.39, 0.29) is 6.79 Å². The topological polar surface area (TPSA) is 36.9 Å². The van der Waals surface area contributed by atoms with Gasteiger partial charge in [-0.2, -0.15) is 0 Å². The van der Waals surface area contributed by atoms with Gasteiger partial charge in [-0.3, -0.25) is 0 Å². The second-order valence-electron chi connectivity index (χ2n) is 3.92. The van der Waals surface area contributed by atoms with Gasteiger partial charge >= 0.3 is 0 Å². The van der Waals surface area contributed by atoms with E-state index in [1.165, 1.54) is 0 Å². The number of allylic oxidation sites excluding steroid dienone is 2. The van der Waals surface area contributed by atoms with Crippen LogP contribution in [0.25, 0.3) is 0 Å². The van der Waals surface area contributed by atoms with Gasteiger partial charge in [0.25, 0.3) is 0 Å². The summed E-state index contributed by atoms with van der Waals surface area (Å²) >= 11 is 0. The van der Waals surface area contributed by atoms with Crippen LogP contribution in [0, 0.1) is 0 Å². The molecule has 98 valence electrons. The van der Waals surface area contributed by atoms with Crippen LogP contribution in [0.4, 0.5) is 0 Å². The van der Waals surface area contributed by atoms with Crippen molar-refractivity contribution in [2.24, 2.45) is 0 Å². The number of hydrogen-bond donors (Lipinski definition) is 0. The molecule has 0 unspecified atom stereocenters. The van der Waals surface area contributed by atoms with Crippen molar-refractivity contribution in [3.05, 3.63) is 23.8 Å². The fourth-order valence-electron chi connectivity index (χ4n) is 1.98. The first kappa shape index (κ1) is 12.6. The average Bonchev–Trinajstić information content (AvgIpc) is 2.85. The molecular weight excluding hydrogens is 232 g/mol. The van der Waals surface area contributed by atoms with E-state index >= 15 is 0 Å². The predicted octanol–water partition coefficient (Wildman–Crippen LogP) is 2.94. The largest absolute Gasteiger partial charge is 0.492 e. The molecule has 1 aliphatic rings. The molecule has 4 heteroatoms. The zero-order valence-corrected chi connectivity index (χ0v) is 11.0. The van der Waals surface area contributed by atoms with Crippen LogP contribution in [0.5, 0.6) is 23.0 Å². The number of hydrogen-bond acceptors (Lipinski definition) is 4. The molecule has 18 heavy (non-hydrogen) atoms. The molecule has 0 radical (unpaired) electrons. The normalized spacial score (nSPS) is 13.1. The van der Waals surface area contributed by atoms with Crippen molar-refractivity contribution in [3.63, 3.8) is 0 Å². The van der Waals surface area contributed by atoms with E-state index in [1.807, 2.05) is 6.07 Å². The third kappa shape index (κ3) is 2.23. The quantitative estimate of drug-likeness (QED) is 0.753. The third-order valence-corrected chi connectivity index (χ3v) is 2.80. The molecule has 2 rings (SSSR count). The number of methoxy groups -OCH3 is 2. The maximum absolute atomic E-state index is 5.43. The van der Waals surface area contributed by atoms with Crippen LogP contribution in [0.1, 0.15) is 18.9 Å². The number of benzene rings is 1. The standard InChI is InChI=1S/C14H18O4/c1-4-5-6-7-10-8-11-13(18-9-17-11)14(16-3)12(10)15-2/h5-6,8H,4,7,9H2,1-3H3/b6-5+. The van der Waals surface area contributed by atoms with Gasteiger partial charge in [0, 0.05) is 5.56 Å². The predicted molar refractivity (Wildman–Crippen MR) is 68.8 cm³/mol. The Bertz CT molecular complexity index is 452. The highest BCUT2D eigenvalue weighted by Gasteiger charge is 2.25. The van der Waals surface area contributed by atoms with E-state index in [1.54, 1.807) is 14.2 Å². The van der Waals surface area contributed by atoms with Crippen LogP contribution >= 0.6 is 0 Å². The third-order valence-electron chi connectivity index (χ3n) is 2.80. The lowest BCUT2D eigenvalue weighted by atomic mass is 10.1. The maximum atomic E-state index is 5.43. The fourth-order valence-corrected chi connectivity index (χ4v) is 1.98. The molecule has 1 aromatic carbocycles. The summed E-state index contributed by atoms with van der Waals surface area (Å²) in [6.45, 7) is 2.33. The van der Waals surface area contributed by atoms with Gasteiger partial charge in [-0.1, -0.05) is 19.1 Å². The SMILES string of the molecule is CC/C=C/Cc1cc2c(c(OC)c1OC)OCO2. The molecular formula is C14H18O4. The molecule has 0 atom stereocenters. The zero-order valence-electron chi connectivity index (χ0n) is 11.0. The first-order valence-corrected chi connectivity index (χ1v) is 6.00. The Morgan fingerprint density at radius 1 is 1.17 bits per heavy atom. The van der Waals surface area contributed by atoms with Gasteiger partial charge in [0.05, 0.1) is 14.2 Å². The summed E-state index contributed by atoms with van der Waals surface area (Å²) in [6.07, 6.45) is 6.03. The van der Waals surface area contributed by atoms with E-state index in [0.717, 1.165) is 18.4 Å². The number of ether oxygens (including phenoxy) is 4. The highest BCUT2D eigenvalue weighted by atomic mass is 16.7. The van der Waals surface area contributed by atoms with Crippen molar-refractivity contribution in [1.82, 2.24) is 0 Å². The van der Waals surface area contributed by atoms with E-state index in [9.17, 15) is 0 Å². The van der Waals surface area contributed by atoms with Gasteiger partial charge in [-0.05, 0) is 18.9 Å². The maximum Gasteiger partial charge on any atom is 0.231 e. The minimum absolute atomic E-state index is 0.225. The minimum Gasteiger partial charge on any atom is -0.492 e. The second-order valence-corrected chi connectivity index (χ2v) is 3.92. The first-order chi connectivity index (χ1) is 8.81. The molecule has 1 aliphatic heterocycles. The molecule has 0 bridgehead atoms. The van der Waals surface area contributed by atoms with Gasteiger partial charge in [0.2, 0.25) is 18.3 Å². The lowest BCUT2D eigenvalue weighted by molar-refractivity contribution is 0.170. The lowest BCUT2D eigenvalue weighted by Gasteiger charge is -2.13. The van der Waals surface area contributed by atoms with Crippen LogP contribution in [0.15, 0.2) is 18.2 Å². The Balaban J connectivity index is 2.42. The minimum atomic E-state index is 0.225. The highest BCUT2D eigenvalue weighted by Crippen LogP contribution is 2.49. The van der Waals surface area contributed by atoms with Gasteiger partial charge in [0.15, 0.2) is 11.5 Å². The molecule has 0 spiro atoms. The summed E-state index contributed by atoms with van der Waals surface area (Å²) in [4.78, 5) is 0. The van der Waals surface area contributed by atoms with Crippen LogP contribution in [-0.2, 0) is 6.42 Å². The average molecular weight is 250 g/mol. The van der Waals surface area contributed by atoms with Gasteiger partial charge in [0.1, 0.15) is 0 Å². The Labute approximate surface area is 107 Å². The van der Waals surface area contributed by atoms with Crippen molar-refractivity contribution in [2.45, 2.75) is 19.8 Å². The number of fused-ring (bicyclic) bond motifs is 1. The summed E-state index contributed by atoms with van der Waals surface area (Å²) in [5, 5.41) is 0. The Morgan fingerprint density at radius 2 is 1.94 bits per heavy atom. The Morgan fingerprint density at radius 3 is 2.61 bits per heavy atom. The van der Waals surface area contributed by atoms with Crippen molar-refractivity contribution >= 4 is 0 Å². The number of rotatable bonds is 5. The van der Waals surface area contributed by atoms with Crippen molar-refractivity contribution in [3.8, 4) is 23.0 Å². The van der Waals surface area contributed by atoms with Crippen LogP contribution in [0.2, 0.25) is 0 Å². The fraction of sp³-hybridized carbons (Fsp3) is 0.429. The summed E-state index contributed by atoms with van der Waals surface area (Å²) in [5.74, 6) is 2.65. The van der Waals surface area contributed by atoms with Gasteiger partial charge in [-0.15, -0.1) is 0 Å². The molecule has 1 aromatic rings. The summed E-state index contributed by atoms with van der Waals surface area (Å²) < 4.78 is 21.6. The molecule has 0 aromatic heterocycles. The smallest absolute Gasteiger partial charge is 0.231 e. The summed E-state index contributed by atoms with van der Waals surface area (Å²) in [6, 6.07) is 1.95. The molecule has 0 N–H and O–H groups in total. The molecule has 0 saturated carbocycles. The summed E-state index contributed by atoms with van der Waals surface area (Å²) in [7, 11) is 3.23. The van der Waals surface area contributed by atoms with Crippen LogP contribution in [0.3, 0.4) is 0 Å². The monoisotopic (exact) mass is 250 g/mol. The van der Waals surface area contributed by atoms with Crippen molar-refractivity contribution < 1.29 is 18.9 Å². The van der Waals surface area contributed by atoms with Gasteiger partial charge < -0.3 is 18.9 Å². The van der Waals surface area contributed by atoms with E-state index in [2.05, 4.69) is 19.1 Å². The van der Waals surface area contributed by atoms with Crippen molar-refractivity contribution in [1.29, 1.82) is 0 Å². The second kappa shape index (κ2) is 5.67. The Kier molecular flexibility index (Phi) is 3.97. The van der Waals surface area contributed by atoms with E-state index < -0.39 is 0 Å². The first-order valence-electron chi connectivity index (χ1n) is 6.00. The highest BCUT2D eigenvalue weighted by molar-refractivity contribution is 5.64. The van der Waals surface area contributed by atoms with Crippen LogP contribution < -0.4 is 18.9 Å². The molecule has 0 fully saturated rings. The van der Waals surface area contributed by atoms with E-state index in [0.29, 0.717) is 23.0 Å². The molecule has 1 heterocycles. The molecule has 0 saturated heterocycles. The molecule has 4 nitrogen and oxygen atoms in total. The zero-order chi connectivity index (χ0) is 13.0. The van der Waals surface area contributed by atoms with Crippen LogP contribution in [-0.4, -0.2) is 21.0 Å². The van der Waals surface area contributed by atoms with Gasteiger partial charge in [-0.25, -0.2) is 0 Å². The summed E-state index contributed by atoms with van der Waals surface area (Å²) in [5.41, 5.74) is 1.03. The Hall–Kier alpha value is -1.84. The molecule has 0 aliphatic carbocycles. The lowest BCUT2D eigenvalue weighted by Crippen LogP contribution is -1.97. The van der Waals surface area contributed by atoms with Crippen molar-refractivity contribution in [2.75, 3.05) is 21.0 Å². The molecule has 0 amide bonds.